The van der Waals surface area contributed by atoms with Crippen molar-refractivity contribution in [3.05, 3.63) is 65.5 Å². The molecule has 2 aromatic carbocycles. The summed E-state index contributed by atoms with van der Waals surface area (Å²) < 4.78 is 0. The Bertz CT molecular complexity index is 991. The first-order valence-electron chi connectivity index (χ1n) is 9.63. The number of hydrogen-bond acceptors (Lipinski definition) is 3. The normalized spacial score (nSPS) is 14.5. The van der Waals surface area contributed by atoms with Gasteiger partial charge in [0.25, 0.3) is 5.91 Å². The molecule has 1 aliphatic heterocycles. The minimum Gasteiger partial charge on any atom is -0.347 e. The Morgan fingerprint density at radius 1 is 1.18 bits per heavy atom. The quantitative estimate of drug-likeness (QED) is 0.693. The first kappa shape index (κ1) is 18.2. The molecule has 2 amide bonds. The van der Waals surface area contributed by atoms with Crippen LogP contribution in [0.5, 0.6) is 0 Å². The van der Waals surface area contributed by atoms with Crippen LogP contribution in [0.3, 0.4) is 0 Å². The van der Waals surface area contributed by atoms with Crippen LogP contribution in [0, 0.1) is 5.92 Å². The maximum absolute atomic E-state index is 13.0. The van der Waals surface area contributed by atoms with E-state index in [-0.39, 0.29) is 11.8 Å². The van der Waals surface area contributed by atoms with E-state index in [1.165, 1.54) is 0 Å². The van der Waals surface area contributed by atoms with Crippen LogP contribution in [0.2, 0.25) is 0 Å². The molecule has 2 heterocycles. The zero-order valence-electron chi connectivity index (χ0n) is 16.1. The van der Waals surface area contributed by atoms with E-state index in [9.17, 15) is 9.59 Å². The molecule has 4 rings (SSSR count). The van der Waals surface area contributed by atoms with Gasteiger partial charge >= 0.3 is 0 Å². The number of carbonyl (C=O) groups is 2. The topological polar surface area (TPSA) is 78.1 Å². The Morgan fingerprint density at radius 3 is 2.68 bits per heavy atom. The van der Waals surface area contributed by atoms with Crippen molar-refractivity contribution in [3.63, 3.8) is 0 Å². The molecule has 1 atom stereocenters. The fourth-order valence-electron chi connectivity index (χ4n) is 3.73. The summed E-state index contributed by atoms with van der Waals surface area (Å²) in [5, 5.41) is 2.96. The molecule has 0 saturated heterocycles. The monoisotopic (exact) mass is 376 g/mol. The van der Waals surface area contributed by atoms with Crippen LogP contribution in [0.1, 0.15) is 42.0 Å². The summed E-state index contributed by atoms with van der Waals surface area (Å²) in [6, 6.07) is 14.8. The van der Waals surface area contributed by atoms with E-state index in [1.54, 1.807) is 4.90 Å². The first-order chi connectivity index (χ1) is 13.5. The van der Waals surface area contributed by atoms with Crippen LogP contribution in [0.15, 0.2) is 48.5 Å². The largest absolute Gasteiger partial charge is 0.347 e. The summed E-state index contributed by atoms with van der Waals surface area (Å²) in [6.45, 7) is 4.90. The Labute approximate surface area is 164 Å². The van der Waals surface area contributed by atoms with Crippen LogP contribution >= 0.6 is 0 Å². The SMILES string of the molecule is CC(C)C[C@H](C(=O)NCc1nc2ccccc2[nH]1)N1Cc2ccccc2C1=O. The van der Waals surface area contributed by atoms with Gasteiger partial charge in [0.1, 0.15) is 11.9 Å². The standard InChI is InChI=1S/C22H24N4O2/c1-14(2)11-19(26-13-15-7-3-4-8-16(15)22(26)28)21(27)23-12-20-24-17-9-5-6-10-18(17)25-20/h3-10,14,19H,11-13H2,1-2H3,(H,23,27)(H,24,25)/t19-/m1/s1. The molecule has 3 aromatic rings. The molecule has 0 bridgehead atoms. The number of H-pyrrole nitrogens is 1. The molecule has 0 aliphatic carbocycles. The highest BCUT2D eigenvalue weighted by atomic mass is 16.2. The number of hydrogen-bond donors (Lipinski definition) is 2. The van der Waals surface area contributed by atoms with Gasteiger partial charge in [0.05, 0.1) is 17.6 Å². The average Bonchev–Trinajstić information content (AvgIpc) is 3.25. The predicted molar refractivity (Wildman–Crippen MR) is 107 cm³/mol. The van der Waals surface area contributed by atoms with Gasteiger partial charge in [0.15, 0.2) is 0 Å². The van der Waals surface area contributed by atoms with Crippen molar-refractivity contribution in [1.82, 2.24) is 20.2 Å². The third-order valence-corrected chi connectivity index (χ3v) is 5.09. The van der Waals surface area contributed by atoms with Crippen molar-refractivity contribution in [1.29, 1.82) is 0 Å². The number of para-hydroxylation sites is 2. The summed E-state index contributed by atoms with van der Waals surface area (Å²) >= 11 is 0. The smallest absolute Gasteiger partial charge is 0.255 e. The number of imidazole rings is 1. The lowest BCUT2D eigenvalue weighted by molar-refractivity contribution is -0.126. The molecule has 0 unspecified atom stereocenters. The first-order valence-corrected chi connectivity index (χ1v) is 9.63. The summed E-state index contributed by atoms with van der Waals surface area (Å²) in [7, 11) is 0. The van der Waals surface area contributed by atoms with E-state index in [1.807, 2.05) is 48.5 Å². The molecule has 144 valence electrons. The van der Waals surface area contributed by atoms with E-state index < -0.39 is 6.04 Å². The summed E-state index contributed by atoms with van der Waals surface area (Å²) in [6.07, 6.45) is 0.617. The molecule has 1 aliphatic rings. The number of rotatable bonds is 6. The zero-order valence-corrected chi connectivity index (χ0v) is 16.1. The van der Waals surface area contributed by atoms with Gasteiger partial charge in [-0.05, 0) is 36.1 Å². The molecular weight excluding hydrogens is 352 g/mol. The second-order valence-electron chi connectivity index (χ2n) is 7.65. The van der Waals surface area contributed by atoms with Crippen LogP contribution in [0.25, 0.3) is 11.0 Å². The average molecular weight is 376 g/mol. The molecule has 0 radical (unpaired) electrons. The summed E-state index contributed by atoms with van der Waals surface area (Å²) in [5.74, 6) is 0.780. The zero-order chi connectivity index (χ0) is 19.7. The lowest BCUT2D eigenvalue weighted by Crippen LogP contribution is -2.47. The Kier molecular flexibility index (Phi) is 4.86. The fraction of sp³-hybridized carbons (Fsp3) is 0.318. The number of aromatic nitrogens is 2. The van der Waals surface area contributed by atoms with Crippen LogP contribution < -0.4 is 5.32 Å². The molecule has 2 N–H and O–H groups in total. The van der Waals surface area contributed by atoms with Crippen LogP contribution in [-0.4, -0.2) is 32.7 Å². The maximum atomic E-state index is 13.0. The van der Waals surface area contributed by atoms with E-state index >= 15 is 0 Å². The van der Waals surface area contributed by atoms with E-state index in [2.05, 4.69) is 29.1 Å². The van der Waals surface area contributed by atoms with Crippen molar-refractivity contribution in [2.24, 2.45) is 5.92 Å². The third kappa shape index (κ3) is 3.50. The highest BCUT2D eigenvalue weighted by Crippen LogP contribution is 2.27. The molecule has 0 fully saturated rings. The second kappa shape index (κ2) is 7.46. The summed E-state index contributed by atoms with van der Waals surface area (Å²) in [5.41, 5.74) is 3.49. The van der Waals surface area contributed by atoms with E-state index in [4.69, 9.17) is 0 Å². The molecule has 28 heavy (non-hydrogen) atoms. The van der Waals surface area contributed by atoms with Crippen molar-refractivity contribution in [2.75, 3.05) is 0 Å². The fourth-order valence-corrected chi connectivity index (χ4v) is 3.73. The van der Waals surface area contributed by atoms with Gasteiger partial charge in [-0.25, -0.2) is 4.98 Å². The van der Waals surface area contributed by atoms with E-state index in [0.29, 0.717) is 36.8 Å². The molecule has 0 saturated carbocycles. The molecule has 0 spiro atoms. The highest BCUT2D eigenvalue weighted by Gasteiger charge is 2.36. The molecule has 1 aromatic heterocycles. The summed E-state index contributed by atoms with van der Waals surface area (Å²) in [4.78, 5) is 35.3. The Balaban J connectivity index is 1.49. The molecule has 6 heteroatoms. The lowest BCUT2D eigenvalue weighted by Gasteiger charge is -2.28. The molecular formula is C22H24N4O2. The van der Waals surface area contributed by atoms with Crippen LogP contribution in [-0.2, 0) is 17.9 Å². The molecule has 6 nitrogen and oxygen atoms in total. The number of amides is 2. The van der Waals surface area contributed by atoms with E-state index in [0.717, 1.165) is 16.6 Å². The predicted octanol–water partition coefficient (Wildman–Crippen LogP) is 3.25. The number of carbonyl (C=O) groups excluding carboxylic acids is 2. The Hall–Kier alpha value is -3.15. The number of fused-ring (bicyclic) bond motifs is 2. The van der Waals surface area contributed by atoms with Crippen molar-refractivity contribution < 1.29 is 9.59 Å². The van der Waals surface area contributed by atoms with Gasteiger partial charge in [0.2, 0.25) is 5.91 Å². The van der Waals surface area contributed by atoms with Gasteiger partial charge in [-0.15, -0.1) is 0 Å². The minimum absolute atomic E-state index is 0.0693. The maximum Gasteiger partial charge on any atom is 0.255 e. The lowest BCUT2D eigenvalue weighted by atomic mass is 10.0. The Morgan fingerprint density at radius 2 is 1.93 bits per heavy atom. The van der Waals surface area contributed by atoms with Crippen molar-refractivity contribution in [2.45, 2.75) is 39.4 Å². The third-order valence-electron chi connectivity index (χ3n) is 5.09. The number of nitrogens with zero attached hydrogens (tertiary/aromatic N) is 2. The van der Waals surface area contributed by atoms with Crippen molar-refractivity contribution >= 4 is 22.8 Å². The number of benzene rings is 2. The highest BCUT2D eigenvalue weighted by molar-refractivity contribution is 6.01. The number of nitrogens with one attached hydrogen (secondary N) is 2. The second-order valence-corrected chi connectivity index (χ2v) is 7.65. The van der Waals surface area contributed by atoms with Gasteiger partial charge in [0, 0.05) is 12.1 Å². The van der Waals surface area contributed by atoms with Gasteiger partial charge < -0.3 is 15.2 Å². The van der Waals surface area contributed by atoms with Crippen molar-refractivity contribution in [3.8, 4) is 0 Å². The minimum atomic E-state index is -0.496. The van der Waals surface area contributed by atoms with Gasteiger partial charge in [-0.2, -0.15) is 0 Å². The van der Waals surface area contributed by atoms with Crippen LogP contribution in [0.4, 0.5) is 0 Å². The van der Waals surface area contributed by atoms with Gasteiger partial charge in [-0.1, -0.05) is 44.2 Å². The van der Waals surface area contributed by atoms with Gasteiger partial charge in [-0.3, -0.25) is 9.59 Å². The number of aromatic amines is 1.